The van der Waals surface area contributed by atoms with E-state index in [0.29, 0.717) is 5.89 Å². The molecule has 0 saturated carbocycles. The maximum absolute atomic E-state index is 5.45. The average Bonchev–Trinajstić information content (AvgIpc) is 2.48. The van der Waals surface area contributed by atoms with Gasteiger partial charge in [-0.25, -0.2) is 4.98 Å². The number of nitrogens with zero attached hydrogens (tertiary/aromatic N) is 2. The van der Waals surface area contributed by atoms with E-state index in [0.717, 1.165) is 21.6 Å². The van der Waals surface area contributed by atoms with Crippen molar-refractivity contribution in [2.75, 3.05) is 0 Å². The van der Waals surface area contributed by atoms with Gasteiger partial charge in [0.05, 0.1) is 5.69 Å². The molecule has 0 radical (unpaired) electrons. The molecule has 0 fully saturated rings. The standard InChI is InChI=1S/C10H9BrN2O/c1-6-7(2)14-10(13-6)9-4-3-8(11)5-12-9/h3-5H,1-2H3. The van der Waals surface area contributed by atoms with Crippen molar-refractivity contribution in [3.63, 3.8) is 0 Å². The Balaban J connectivity index is 2.44. The predicted molar refractivity (Wildman–Crippen MR) is 56.9 cm³/mol. The number of aryl methyl sites for hydroxylation is 2. The summed E-state index contributed by atoms with van der Waals surface area (Å²) in [7, 11) is 0. The zero-order chi connectivity index (χ0) is 10.1. The van der Waals surface area contributed by atoms with Crippen molar-refractivity contribution >= 4 is 15.9 Å². The van der Waals surface area contributed by atoms with E-state index in [-0.39, 0.29) is 0 Å². The molecule has 14 heavy (non-hydrogen) atoms. The Labute approximate surface area is 90.3 Å². The zero-order valence-electron chi connectivity index (χ0n) is 7.91. The van der Waals surface area contributed by atoms with Gasteiger partial charge in [-0.3, -0.25) is 4.98 Å². The summed E-state index contributed by atoms with van der Waals surface area (Å²) in [6, 6.07) is 3.78. The summed E-state index contributed by atoms with van der Waals surface area (Å²) >= 11 is 3.32. The number of hydrogen-bond donors (Lipinski definition) is 0. The summed E-state index contributed by atoms with van der Waals surface area (Å²) in [5.74, 6) is 1.41. The fraction of sp³-hybridized carbons (Fsp3) is 0.200. The molecule has 0 bridgehead atoms. The second-order valence-corrected chi connectivity index (χ2v) is 3.94. The average molecular weight is 253 g/mol. The summed E-state index contributed by atoms with van der Waals surface area (Å²) in [6.07, 6.45) is 1.73. The van der Waals surface area contributed by atoms with Gasteiger partial charge in [0.25, 0.3) is 0 Å². The van der Waals surface area contributed by atoms with Crippen LogP contribution < -0.4 is 0 Å². The monoisotopic (exact) mass is 252 g/mol. The van der Waals surface area contributed by atoms with Crippen molar-refractivity contribution in [2.24, 2.45) is 0 Å². The molecule has 4 heteroatoms. The lowest BCUT2D eigenvalue weighted by atomic mass is 10.3. The first-order valence-corrected chi connectivity index (χ1v) is 5.02. The number of pyridine rings is 1. The first-order chi connectivity index (χ1) is 6.66. The molecular weight excluding hydrogens is 244 g/mol. The van der Waals surface area contributed by atoms with Gasteiger partial charge in [-0.2, -0.15) is 0 Å². The molecule has 0 aliphatic carbocycles. The van der Waals surface area contributed by atoms with Gasteiger partial charge in [-0.1, -0.05) is 0 Å². The van der Waals surface area contributed by atoms with Crippen LogP contribution in [0.4, 0.5) is 0 Å². The quantitative estimate of drug-likeness (QED) is 0.783. The lowest BCUT2D eigenvalue weighted by molar-refractivity contribution is 0.538. The Hall–Kier alpha value is -1.16. The van der Waals surface area contributed by atoms with Crippen LogP contribution in [0.5, 0.6) is 0 Å². The second-order valence-electron chi connectivity index (χ2n) is 3.02. The summed E-state index contributed by atoms with van der Waals surface area (Å²) in [6.45, 7) is 3.81. The van der Waals surface area contributed by atoms with Crippen molar-refractivity contribution in [3.05, 3.63) is 34.3 Å². The molecule has 0 aromatic carbocycles. The molecule has 0 saturated heterocycles. The van der Waals surface area contributed by atoms with E-state index in [9.17, 15) is 0 Å². The summed E-state index contributed by atoms with van der Waals surface area (Å²) in [4.78, 5) is 8.47. The van der Waals surface area contributed by atoms with E-state index in [1.165, 1.54) is 0 Å². The van der Waals surface area contributed by atoms with Crippen molar-refractivity contribution in [2.45, 2.75) is 13.8 Å². The lowest BCUT2D eigenvalue weighted by Gasteiger charge is -1.93. The molecule has 2 aromatic rings. The van der Waals surface area contributed by atoms with Gasteiger partial charge in [0, 0.05) is 10.7 Å². The number of rotatable bonds is 1. The minimum atomic E-state index is 0.576. The molecule has 0 N–H and O–H groups in total. The molecule has 0 aliphatic heterocycles. The molecule has 3 nitrogen and oxygen atoms in total. The van der Waals surface area contributed by atoms with Crippen LogP contribution in [-0.4, -0.2) is 9.97 Å². The highest BCUT2D eigenvalue weighted by molar-refractivity contribution is 9.10. The number of halogens is 1. The Morgan fingerprint density at radius 3 is 2.57 bits per heavy atom. The minimum Gasteiger partial charge on any atom is -0.440 e. The fourth-order valence-corrected chi connectivity index (χ4v) is 1.32. The van der Waals surface area contributed by atoms with Crippen LogP contribution in [-0.2, 0) is 0 Å². The van der Waals surface area contributed by atoms with Gasteiger partial charge >= 0.3 is 0 Å². The number of aromatic nitrogens is 2. The lowest BCUT2D eigenvalue weighted by Crippen LogP contribution is -1.82. The molecule has 0 atom stereocenters. The Bertz CT molecular complexity index is 428. The highest BCUT2D eigenvalue weighted by atomic mass is 79.9. The smallest absolute Gasteiger partial charge is 0.245 e. The summed E-state index contributed by atoms with van der Waals surface area (Å²) in [5, 5.41) is 0. The summed E-state index contributed by atoms with van der Waals surface area (Å²) in [5.41, 5.74) is 1.66. The first kappa shape index (κ1) is 9.40. The van der Waals surface area contributed by atoms with Gasteiger partial charge in [-0.05, 0) is 41.9 Å². The highest BCUT2D eigenvalue weighted by Gasteiger charge is 2.08. The van der Waals surface area contributed by atoms with Crippen LogP contribution in [0.25, 0.3) is 11.6 Å². The van der Waals surface area contributed by atoms with E-state index in [1.54, 1.807) is 6.20 Å². The molecule has 0 amide bonds. The molecule has 72 valence electrons. The van der Waals surface area contributed by atoms with Gasteiger partial charge in [0.1, 0.15) is 11.5 Å². The van der Waals surface area contributed by atoms with Gasteiger partial charge in [0.2, 0.25) is 5.89 Å². The zero-order valence-corrected chi connectivity index (χ0v) is 9.50. The van der Waals surface area contributed by atoms with Gasteiger partial charge in [0.15, 0.2) is 0 Å². The van der Waals surface area contributed by atoms with Crippen molar-refractivity contribution in [3.8, 4) is 11.6 Å². The maximum atomic E-state index is 5.45. The van der Waals surface area contributed by atoms with E-state index in [2.05, 4.69) is 25.9 Å². The van der Waals surface area contributed by atoms with Crippen molar-refractivity contribution in [1.82, 2.24) is 9.97 Å². The van der Waals surface area contributed by atoms with Crippen LogP contribution in [0.2, 0.25) is 0 Å². The maximum Gasteiger partial charge on any atom is 0.245 e. The number of oxazole rings is 1. The third kappa shape index (κ3) is 1.70. The first-order valence-electron chi connectivity index (χ1n) is 4.23. The molecular formula is C10H9BrN2O. The van der Waals surface area contributed by atoms with E-state index < -0.39 is 0 Å². The molecule has 2 heterocycles. The predicted octanol–water partition coefficient (Wildman–Crippen LogP) is 3.12. The fourth-order valence-electron chi connectivity index (χ4n) is 1.08. The summed E-state index contributed by atoms with van der Waals surface area (Å²) < 4.78 is 6.40. The molecule has 0 unspecified atom stereocenters. The molecule has 0 spiro atoms. The molecule has 0 aliphatic rings. The van der Waals surface area contributed by atoms with E-state index >= 15 is 0 Å². The topological polar surface area (TPSA) is 38.9 Å². The van der Waals surface area contributed by atoms with Crippen LogP contribution in [0, 0.1) is 13.8 Å². The van der Waals surface area contributed by atoms with E-state index in [1.807, 2.05) is 26.0 Å². The van der Waals surface area contributed by atoms with E-state index in [4.69, 9.17) is 4.42 Å². The SMILES string of the molecule is Cc1nc(-c2ccc(Br)cn2)oc1C. The highest BCUT2D eigenvalue weighted by Crippen LogP contribution is 2.20. The normalized spacial score (nSPS) is 10.5. The van der Waals surface area contributed by atoms with Crippen LogP contribution >= 0.6 is 15.9 Å². The second kappa shape index (κ2) is 3.53. The largest absolute Gasteiger partial charge is 0.440 e. The third-order valence-corrected chi connectivity index (χ3v) is 2.44. The van der Waals surface area contributed by atoms with Crippen molar-refractivity contribution < 1.29 is 4.42 Å². The van der Waals surface area contributed by atoms with Gasteiger partial charge < -0.3 is 4.42 Å². The van der Waals surface area contributed by atoms with Crippen LogP contribution in [0.3, 0.4) is 0 Å². The third-order valence-electron chi connectivity index (χ3n) is 1.98. The minimum absolute atomic E-state index is 0.576. The van der Waals surface area contributed by atoms with Crippen LogP contribution in [0.1, 0.15) is 11.5 Å². The molecule has 2 aromatic heterocycles. The Morgan fingerprint density at radius 1 is 1.29 bits per heavy atom. The Kier molecular flexibility index (Phi) is 2.37. The number of hydrogen-bond acceptors (Lipinski definition) is 3. The Morgan fingerprint density at radius 2 is 2.07 bits per heavy atom. The van der Waals surface area contributed by atoms with Crippen molar-refractivity contribution in [1.29, 1.82) is 0 Å². The van der Waals surface area contributed by atoms with Gasteiger partial charge in [-0.15, -0.1) is 0 Å². The van der Waals surface area contributed by atoms with Crippen LogP contribution in [0.15, 0.2) is 27.2 Å². The molecule has 2 rings (SSSR count).